The molecule has 78 valence electrons. The predicted octanol–water partition coefficient (Wildman–Crippen LogP) is 3.33. The molecule has 0 bridgehead atoms. The van der Waals surface area contributed by atoms with Crippen LogP contribution in [0, 0.1) is 11.3 Å². The Morgan fingerprint density at radius 2 is 2.33 bits per heavy atom. The van der Waals surface area contributed by atoms with Gasteiger partial charge in [0.2, 0.25) is 0 Å². The number of nitriles is 1. The van der Waals surface area contributed by atoms with Crippen LogP contribution in [-0.4, -0.2) is 10.5 Å². The zero-order valence-corrected chi connectivity index (χ0v) is 10.5. The highest BCUT2D eigenvalue weighted by Crippen LogP contribution is 2.42. The van der Waals surface area contributed by atoms with E-state index in [2.05, 4.69) is 39.2 Å². The van der Waals surface area contributed by atoms with Crippen molar-refractivity contribution in [2.45, 2.75) is 25.3 Å². The fourth-order valence-electron chi connectivity index (χ4n) is 1.29. The maximum atomic E-state index is 8.96. The summed E-state index contributed by atoms with van der Waals surface area (Å²) in [6.45, 7) is 2.12. The van der Waals surface area contributed by atoms with Crippen LogP contribution in [0.1, 0.15) is 25.3 Å². The molecule has 0 radical (unpaired) electrons. The Kier molecular flexibility index (Phi) is 2.61. The largest absolute Gasteiger partial charge is 0.378 e. The quantitative estimate of drug-likeness (QED) is 0.848. The fraction of sp³-hybridized carbons (Fsp3) is 0.400. The van der Waals surface area contributed by atoms with Crippen LogP contribution in [0.5, 0.6) is 0 Å². The number of anilines is 1. The molecule has 1 aromatic rings. The Morgan fingerprint density at radius 3 is 2.87 bits per heavy atom. The first-order chi connectivity index (χ1) is 7.06. The lowest BCUT2D eigenvalue weighted by Crippen LogP contribution is -2.17. The van der Waals surface area contributed by atoms with Gasteiger partial charge in [-0.1, -0.05) is 11.6 Å². The highest BCUT2D eigenvalue weighted by molar-refractivity contribution is 9.10. The van der Waals surface area contributed by atoms with E-state index >= 15 is 0 Å². The average Bonchev–Trinajstić information content (AvgIpc) is 2.92. The number of nitrogens with one attached hydrogen (secondary N) is 1. The van der Waals surface area contributed by atoms with Crippen molar-refractivity contribution < 1.29 is 0 Å². The van der Waals surface area contributed by atoms with Crippen molar-refractivity contribution in [3.63, 3.8) is 0 Å². The van der Waals surface area contributed by atoms with Gasteiger partial charge >= 0.3 is 0 Å². The summed E-state index contributed by atoms with van der Waals surface area (Å²) in [6, 6.07) is 2.10. The first kappa shape index (κ1) is 10.7. The van der Waals surface area contributed by atoms with E-state index < -0.39 is 0 Å². The first-order valence-corrected chi connectivity index (χ1v) is 5.75. The van der Waals surface area contributed by atoms with E-state index in [9.17, 15) is 0 Å². The van der Waals surface area contributed by atoms with Gasteiger partial charge < -0.3 is 5.32 Å². The SMILES string of the molecule is CC1(Nc2c(C#N)cnc(Cl)c2Br)CC1. The maximum absolute atomic E-state index is 8.96. The second-order valence-electron chi connectivity index (χ2n) is 3.95. The monoisotopic (exact) mass is 285 g/mol. The molecule has 1 N–H and O–H groups in total. The molecule has 1 aliphatic rings. The van der Waals surface area contributed by atoms with Gasteiger partial charge in [0, 0.05) is 11.7 Å². The highest BCUT2D eigenvalue weighted by Gasteiger charge is 2.38. The zero-order valence-electron chi connectivity index (χ0n) is 8.14. The topological polar surface area (TPSA) is 48.7 Å². The molecular formula is C10H9BrClN3. The summed E-state index contributed by atoms with van der Waals surface area (Å²) < 4.78 is 0.663. The molecule has 1 aliphatic carbocycles. The van der Waals surface area contributed by atoms with Crippen LogP contribution in [-0.2, 0) is 0 Å². The van der Waals surface area contributed by atoms with E-state index in [-0.39, 0.29) is 5.54 Å². The van der Waals surface area contributed by atoms with E-state index in [4.69, 9.17) is 16.9 Å². The molecule has 0 amide bonds. The zero-order chi connectivity index (χ0) is 11.1. The van der Waals surface area contributed by atoms with Gasteiger partial charge in [-0.2, -0.15) is 5.26 Å². The third-order valence-corrected chi connectivity index (χ3v) is 3.81. The molecule has 1 heterocycles. The van der Waals surface area contributed by atoms with Gasteiger partial charge in [0.15, 0.2) is 0 Å². The third-order valence-electron chi connectivity index (χ3n) is 2.52. The lowest BCUT2D eigenvalue weighted by atomic mass is 10.2. The minimum atomic E-state index is 0.110. The van der Waals surface area contributed by atoms with Gasteiger partial charge in [-0.05, 0) is 35.7 Å². The van der Waals surface area contributed by atoms with E-state index in [1.165, 1.54) is 6.20 Å². The van der Waals surface area contributed by atoms with Gasteiger partial charge in [-0.15, -0.1) is 0 Å². The van der Waals surface area contributed by atoms with Crippen LogP contribution < -0.4 is 5.32 Å². The van der Waals surface area contributed by atoms with Gasteiger partial charge in [0.05, 0.1) is 15.7 Å². The number of pyridine rings is 1. The highest BCUT2D eigenvalue weighted by atomic mass is 79.9. The Bertz CT molecular complexity index is 449. The lowest BCUT2D eigenvalue weighted by molar-refractivity contribution is 0.827. The van der Waals surface area contributed by atoms with Crippen LogP contribution >= 0.6 is 27.5 Å². The second-order valence-corrected chi connectivity index (χ2v) is 5.10. The molecule has 1 aromatic heterocycles. The predicted molar refractivity (Wildman–Crippen MR) is 62.9 cm³/mol. The van der Waals surface area contributed by atoms with Gasteiger partial charge in [-0.25, -0.2) is 4.98 Å². The minimum Gasteiger partial charge on any atom is -0.378 e. The molecule has 1 fully saturated rings. The smallest absolute Gasteiger partial charge is 0.145 e. The summed E-state index contributed by atoms with van der Waals surface area (Å²) in [5, 5.41) is 12.7. The number of halogens is 2. The lowest BCUT2D eigenvalue weighted by Gasteiger charge is -2.16. The van der Waals surface area contributed by atoms with Crippen molar-refractivity contribution in [1.29, 1.82) is 5.26 Å². The number of aromatic nitrogens is 1. The fourth-order valence-corrected chi connectivity index (χ4v) is 1.84. The van der Waals surface area contributed by atoms with Crippen LogP contribution in [0.15, 0.2) is 10.7 Å². The second kappa shape index (κ2) is 3.66. The van der Waals surface area contributed by atoms with Crippen LogP contribution in [0.25, 0.3) is 0 Å². The number of nitrogens with zero attached hydrogens (tertiary/aromatic N) is 2. The standard InChI is InChI=1S/C10H9BrClN3/c1-10(2-3-10)15-8-6(4-13)5-14-9(12)7(8)11/h5H,2-3H2,1H3,(H,14,15). The summed E-state index contributed by atoms with van der Waals surface area (Å²) in [5.74, 6) is 0. The van der Waals surface area contributed by atoms with E-state index in [0.29, 0.717) is 15.2 Å². The molecule has 5 heteroatoms. The first-order valence-electron chi connectivity index (χ1n) is 4.58. The van der Waals surface area contributed by atoms with Crippen molar-refractivity contribution in [3.8, 4) is 6.07 Å². The molecule has 0 aliphatic heterocycles. The minimum absolute atomic E-state index is 0.110. The Balaban J connectivity index is 2.43. The molecule has 1 saturated carbocycles. The van der Waals surface area contributed by atoms with E-state index in [1.54, 1.807) is 0 Å². The molecule has 2 rings (SSSR count). The average molecular weight is 287 g/mol. The molecule has 0 spiro atoms. The Labute approximate surface area is 102 Å². The van der Waals surface area contributed by atoms with Crippen molar-refractivity contribution in [2.75, 3.05) is 5.32 Å². The normalized spacial score (nSPS) is 16.9. The van der Waals surface area contributed by atoms with Gasteiger partial charge in [0.1, 0.15) is 11.2 Å². The maximum Gasteiger partial charge on any atom is 0.145 e. The van der Waals surface area contributed by atoms with Crippen LogP contribution in [0.2, 0.25) is 5.15 Å². The number of hydrogen-bond donors (Lipinski definition) is 1. The summed E-state index contributed by atoms with van der Waals surface area (Å²) in [4.78, 5) is 3.92. The summed E-state index contributed by atoms with van der Waals surface area (Å²) in [6.07, 6.45) is 3.72. The molecule has 0 atom stereocenters. The molecule has 0 aromatic carbocycles. The Morgan fingerprint density at radius 1 is 1.67 bits per heavy atom. The molecule has 3 nitrogen and oxygen atoms in total. The van der Waals surface area contributed by atoms with Crippen LogP contribution in [0.3, 0.4) is 0 Å². The van der Waals surface area contributed by atoms with Crippen molar-refractivity contribution in [2.24, 2.45) is 0 Å². The number of hydrogen-bond acceptors (Lipinski definition) is 3. The molecule has 0 unspecified atom stereocenters. The number of rotatable bonds is 2. The van der Waals surface area contributed by atoms with Crippen molar-refractivity contribution in [1.82, 2.24) is 4.98 Å². The van der Waals surface area contributed by atoms with Crippen LogP contribution in [0.4, 0.5) is 5.69 Å². The summed E-state index contributed by atoms with van der Waals surface area (Å²) in [7, 11) is 0. The van der Waals surface area contributed by atoms with Gasteiger partial charge in [0.25, 0.3) is 0 Å². The molecule has 0 saturated heterocycles. The summed E-state index contributed by atoms with van der Waals surface area (Å²) in [5.41, 5.74) is 1.37. The third kappa shape index (κ3) is 2.09. The molecular weight excluding hydrogens is 277 g/mol. The van der Waals surface area contributed by atoms with Crippen molar-refractivity contribution >= 4 is 33.2 Å². The van der Waals surface area contributed by atoms with Crippen molar-refractivity contribution in [3.05, 3.63) is 21.4 Å². The van der Waals surface area contributed by atoms with E-state index in [1.807, 2.05) is 0 Å². The summed E-state index contributed by atoms with van der Waals surface area (Å²) >= 11 is 9.23. The van der Waals surface area contributed by atoms with Gasteiger partial charge in [-0.3, -0.25) is 0 Å². The Hall–Kier alpha value is -0.790. The van der Waals surface area contributed by atoms with E-state index in [0.717, 1.165) is 18.5 Å². The molecule has 15 heavy (non-hydrogen) atoms.